The molecule has 5 heteroatoms. The maximum atomic E-state index is 10.6. The molecular formula is C11H15N3O2. The molecule has 1 fully saturated rings. The highest BCUT2D eigenvalue weighted by Gasteiger charge is 2.14. The van der Waals surface area contributed by atoms with Gasteiger partial charge in [0.25, 0.3) is 0 Å². The molecule has 0 aromatic carbocycles. The summed E-state index contributed by atoms with van der Waals surface area (Å²) in [5, 5.41) is 19.3. The van der Waals surface area contributed by atoms with Crippen LogP contribution in [0, 0.1) is 5.92 Å². The Morgan fingerprint density at radius 2 is 2.12 bits per heavy atom. The summed E-state index contributed by atoms with van der Waals surface area (Å²) in [5.74, 6) is 0.327. The van der Waals surface area contributed by atoms with Crippen LogP contribution in [0.15, 0.2) is 12.1 Å². The van der Waals surface area contributed by atoms with Crippen molar-refractivity contribution in [1.29, 1.82) is 0 Å². The fourth-order valence-electron chi connectivity index (χ4n) is 2.00. The van der Waals surface area contributed by atoms with E-state index in [4.69, 9.17) is 5.11 Å². The molecule has 0 unspecified atom stereocenters. The van der Waals surface area contributed by atoms with Gasteiger partial charge in [-0.2, -0.15) is 0 Å². The molecule has 0 aliphatic heterocycles. The number of aromatic carboxylic acids is 1. The van der Waals surface area contributed by atoms with Crippen molar-refractivity contribution in [2.45, 2.75) is 25.7 Å². The Morgan fingerprint density at radius 3 is 2.69 bits per heavy atom. The fraction of sp³-hybridized carbons (Fsp3) is 0.545. The minimum atomic E-state index is -1.05. The second kappa shape index (κ2) is 4.92. The SMILES string of the molecule is O=C(O)c1ccc(NCC2CCCC2)nn1. The Morgan fingerprint density at radius 1 is 1.38 bits per heavy atom. The highest BCUT2D eigenvalue weighted by atomic mass is 16.4. The third kappa shape index (κ3) is 2.68. The number of carboxylic acids is 1. The van der Waals surface area contributed by atoms with E-state index < -0.39 is 5.97 Å². The van der Waals surface area contributed by atoms with Crippen LogP contribution in [-0.4, -0.2) is 27.8 Å². The first-order valence-corrected chi connectivity index (χ1v) is 5.56. The molecule has 1 aliphatic carbocycles. The molecule has 0 radical (unpaired) electrons. The lowest BCUT2D eigenvalue weighted by Crippen LogP contribution is -2.13. The smallest absolute Gasteiger partial charge is 0.356 e. The van der Waals surface area contributed by atoms with Crippen LogP contribution in [0.3, 0.4) is 0 Å². The summed E-state index contributed by atoms with van der Waals surface area (Å²) in [7, 11) is 0. The highest BCUT2D eigenvalue weighted by molar-refractivity contribution is 5.85. The largest absolute Gasteiger partial charge is 0.476 e. The van der Waals surface area contributed by atoms with E-state index in [-0.39, 0.29) is 5.69 Å². The van der Waals surface area contributed by atoms with E-state index in [0.717, 1.165) is 12.5 Å². The minimum Gasteiger partial charge on any atom is -0.476 e. The number of anilines is 1. The first kappa shape index (κ1) is 10.9. The molecule has 0 atom stereocenters. The van der Waals surface area contributed by atoms with Gasteiger partial charge in [-0.25, -0.2) is 4.79 Å². The molecule has 1 aromatic heterocycles. The Labute approximate surface area is 93.9 Å². The number of aromatic nitrogens is 2. The van der Waals surface area contributed by atoms with Crippen LogP contribution in [-0.2, 0) is 0 Å². The monoisotopic (exact) mass is 221 g/mol. The van der Waals surface area contributed by atoms with Crippen molar-refractivity contribution >= 4 is 11.8 Å². The van der Waals surface area contributed by atoms with Gasteiger partial charge in [-0.15, -0.1) is 10.2 Å². The molecular weight excluding hydrogens is 206 g/mol. The average molecular weight is 221 g/mol. The Balaban J connectivity index is 1.87. The second-order valence-electron chi connectivity index (χ2n) is 4.14. The molecule has 16 heavy (non-hydrogen) atoms. The zero-order valence-electron chi connectivity index (χ0n) is 9.02. The summed E-state index contributed by atoms with van der Waals surface area (Å²) >= 11 is 0. The van der Waals surface area contributed by atoms with Crippen LogP contribution < -0.4 is 5.32 Å². The lowest BCUT2D eigenvalue weighted by molar-refractivity contribution is 0.0689. The minimum absolute atomic E-state index is 0.0218. The molecule has 86 valence electrons. The Kier molecular flexibility index (Phi) is 3.34. The normalized spacial score (nSPS) is 16.2. The molecule has 1 aromatic rings. The lowest BCUT2D eigenvalue weighted by atomic mass is 10.1. The second-order valence-corrected chi connectivity index (χ2v) is 4.14. The van der Waals surface area contributed by atoms with Crippen LogP contribution in [0.5, 0.6) is 0 Å². The molecule has 0 bridgehead atoms. The van der Waals surface area contributed by atoms with E-state index in [2.05, 4.69) is 15.5 Å². The van der Waals surface area contributed by atoms with Crippen LogP contribution in [0.2, 0.25) is 0 Å². The van der Waals surface area contributed by atoms with Crippen molar-refractivity contribution in [1.82, 2.24) is 10.2 Å². The average Bonchev–Trinajstić information content (AvgIpc) is 2.80. The summed E-state index contributed by atoms with van der Waals surface area (Å²) in [6, 6.07) is 3.12. The summed E-state index contributed by atoms with van der Waals surface area (Å²) < 4.78 is 0. The Hall–Kier alpha value is -1.65. The van der Waals surface area contributed by atoms with Gasteiger partial charge >= 0.3 is 5.97 Å². The molecule has 5 nitrogen and oxygen atoms in total. The van der Waals surface area contributed by atoms with Crippen LogP contribution in [0.25, 0.3) is 0 Å². The predicted octanol–water partition coefficient (Wildman–Crippen LogP) is 1.78. The van der Waals surface area contributed by atoms with Crippen molar-refractivity contribution in [3.63, 3.8) is 0 Å². The number of carbonyl (C=O) groups is 1. The molecule has 2 rings (SSSR count). The Bertz CT molecular complexity index is 358. The van der Waals surface area contributed by atoms with E-state index in [0.29, 0.717) is 5.82 Å². The fourth-order valence-corrected chi connectivity index (χ4v) is 2.00. The van der Waals surface area contributed by atoms with Crippen LogP contribution in [0.1, 0.15) is 36.2 Å². The quantitative estimate of drug-likeness (QED) is 0.810. The molecule has 0 spiro atoms. The standard InChI is InChI=1S/C11H15N3O2/c15-11(16)9-5-6-10(14-13-9)12-7-8-3-1-2-4-8/h5-6,8H,1-4,7H2,(H,12,14)(H,15,16). The first-order valence-electron chi connectivity index (χ1n) is 5.56. The molecule has 1 saturated carbocycles. The van der Waals surface area contributed by atoms with Gasteiger partial charge < -0.3 is 10.4 Å². The van der Waals surface area contributed by atoms with Gasteiger partial charge in [0.05, 0.1) is 0 Å². The van der Waals surface area contributed by atoms with E-state index in [1.165, 1.54) is 31.7 Å². The molecule has 1 heterocycles. The van der Waals surface area contributed by atoms with Gasteiger partial charge in [0.2, 0.25) is 0 Å². The third-order valence-electron chi connectivity index (χ3n) is 2.93. The van der Waals surface area contributed by atoms with E-state index in [1.54, 1.807) is 6.07 Å². The molecule has 0 amide bonds. The highest BCUT2D eigenvalue weighted by Crippen LogP contribution is 2.24. The molecule has 0 saturated heterocycles. The van der Waals surface area contributed by atoms with Crippen LogP contribution >= 0.6 is 0 Å². The summed E-state index contributed by atoms with van der Waals surface area (Å²) in [5.41, 5.74) is -0.0218. The topological polar surface area (TPSA) is 75.1 Å². The maximum Gasteiger partial charge on any atom is 0.356 e. The van der Waals surface area contributed by atoms with E-state index in [1.807, 2.05) is 0 Å². The van der Waals surface area contributed by atoms with Crippen molar-refractivity contribution in [3.8, 4) is 0 Å². The van der Waals surface area contributed by atoms with Crippen LogP contribution in [0.4, 0.5) is 5.82 Å². The van der Waals surface area contributed by atoms with Crippen molar-refractivity contribution in [2.75, 3.05) is 11.9 Å². The number of hydrogen-bond donors (Lipinski definition) is 2. The number of nitrogens with one attached hydrogen (secondary N) is 1. The van der Waals surface area contributed by atoms with E-state index >= 15 is 0 Å². The number of nitrogens with zero attached hydrogens (tertiary/aromatic N) is 2. The molecule has 2 N–H and O–H groups in total. The van der Waals surface area contributed by atoms with E-state index in [9.17, 15) is 4.79 Å². The van der Waals surface area contributed by atoms with Gasteiger partial charge in [-0.1, -0.05) is 12.8 Å². The van der Waals surface area contributed by atoms with Gasteiger partial charge in [0.15, 0.2) is 5.69 Å². The predicted molar refractivity (Wildman–Crippen MR) is 59.4 cm³/mol. The van der Waals surface area contributed by atoms with Crippen molar-refractivity contribution < 1.29 is 9.90 Å². The van der Waals surface area contributed by atoms with Crippen molar-refractivity contribution in [2.24, 2.45) is 5.92 Å². The summed E-state index contributed by atoms with van der Waals surface area (Å²) in [6.45, 7) is 0.904. The maximum absolute atomic E-state index is 10.6. The first-order chi connectivity index (χ1) is 7.75. The van der Waals surface area contributed by atoms with Gasteiger partial charge in [0.1, 0.15) is 5.82 Å². The molecule has 1 aliphatic rings. The van der Waals surface area contributed by atoms with Gasteiger partial charge in [0, 0.05) is 6.54 Å². The van der Waals surface area contributed by atoms with Gasteiger partial charge in [-0.05, 0) is 30.9 Å². The summed E-state index contributed by atoms with van der Waals surface area (Å²) in [4.78, 5) is 10.6. The summed E-state index contributed by atoms with van der Waals surface area (Å²) in [6.07, 6.45) is 5.17. The van der Waals surface area contributed by atoms with Crippen molar-refractivity contribution in [3.05, 3.63) is 17.8 Å². The zero-order chi connectivity index (χ0) is 11.4. The lowest BCUT2D eigenvalue weighted by Gasteiger charge is -2.10. The zero-order valence-corrected chi connectivity index (χ0v) is 9.02. The number of rotatable bonds is 4. The number of hydrogen-bond acceptors (Lipinski definition) is 4. The van der Waals surface area contributed by atoms with Gasteiger partial charge in [-0.3, -0.25) is 0 Å². The third-order valence-corrected chi connectivity index (χ3v) is 2.93. The number of carboxylic acid groups (broad SMARTS) is 1.